The van der Waals surface area contributed by atoms with Crippen LogP contribution in [0.4, 0.5) is 0 Å². The number of amides is 1. The van der Waals surface area contributed by atoms with Crippen LogP contribution in [0.15, 0.2) is 40.8 Å². The number of ether oxygens (including phenoxy) is 1. The minimum Gasteiger partial charge on any atom is -0.497 e. The van der Waals surface area contributed by atoms with Gasteiger partial charge in [0.2, 0.25) is 0 Å². The van der Waals surface area contributed by atoms with Gasteiger partial charge in [0.15, 0.2) is 11.5 Å². The van der Waals surface area contributed by atoms with Crippen molar-refractivity contribution in [2.75, 3.05) is 20.2 Å². The first-order valence-electron chi connectivity index (χ1n) is 8.12. The summed E-state index contributed by atoms with van der Waals surface area (Å²) in [6, 6.07) is 10.7. The van der Waals surface area contributed by atoms with Crippen LogP contribution in [0.3, 0.4) is 0 Å². The highest BCUT2D eigenvalue weighted by atomic mass is 16.5. The molecule has 3 rings (SSSR count). The van der Waals surface area contributed by atoms with Crippen molar-refractivity contribution in [3.63, 3.8) is 0 Å². The Bertz CT molecular complexity index is 724. The Hall–Kier alpha value is -2.56. The van der Waals surface area contributed by atoms with E-state index < -0.39 is 0 Å². The van der Waals surface area contributed by atoms with Crippen molar-refractivity contribution in [2.45, 2.75) is 19.8 Å². The first-order valence-corrected chi connectivity index (χ1v) is 8.12. The lowest BCUT2D eigenvalue weighted by Gasteiger charge is -2.30. The lowest BCUT2D eigenvalue weighted by Crippen LogP contribution is -2.40. The molecule has 0 N–H and O–H groups in total. The van der Waals surface area contributed by atoms with Gasteiger partial charge in [-0.05, 0) is 56.2 Å². The minimum atomic E-state index is -0.0987. The number of aryl methyl sites for hydroxylation is 1. The molecule has 0 radical (unpaired) electrons. The van der Waals surface area contributed by atoms with Crippen molar-refractivity contribution < 1.29 is 18.7 Å². The van der Waals surface area contributed by atoms with Crippen LogP contribution >= 0.6 is 0 Å². The van der Waals surface area contributed by atoms with Crippen LogP contribution in [-0.4, -0.2) is 36.8 Å². The van der Waals surface area contributed by atoms with E-state index in [0.29, 0.717) is 37.3 Å². The number of furan rings is 1. The molecule has 0 spiro atoms. The number of methoxy groups -OCH3 is 1. The van der Waals surface area contributed by atoms with Crippen molar-refractivity contribution in [3.8, 4) is 5.75 Å². The van der Waals surface area contributed by atoms with E-state index in [0.717, 1.165) is 11.5 Å². The summed E-state index contributed by atoms with van der Waals surface area (Å²) in [5.74, 6) is 1.83. The zero-order valence-corrected chi connectivity index (χ0v) is 14.0. The second kappa shape index (κ2) is 6.91. The van der Waals surface area contributed by atoms with Crippen LogP contribution in [0.2, 0.25) is 0 Å². The number of likely N-dealkylation sites (tertiary alicyclic amines) is 1. The van der Waals surface area contributed by atoms with Gasteiger partial charge in [-0.1, -0.05) is 0 Å². The molecule has 1 aromatic carbocycles. The van der Waals surface area contributed by atoms with Crippen molar-refractivity contribution in [1.82, 2.24) is 4.90 Å². The number of hydrogen-bond donors (Lipinski definition) is 0. The largest absolute Gasteiger partial charge is 0.497 e. The number of piperidine rings is 1. The van der Waals surface area contributed by atoms with E-state index in [4.69, 9.17) is 9.15 Å². The SMILES string of the molecule is COc1ccc(C(=O)C2CCN(C(=O)c3ccc(C)o3)CC2)cc1. The third-order valence-electron chi connectivity index (χ3n) is 4.48. The van der Waals surface area contributed by atoms with Crippen LogP contribution in [0.5, 0.6) is 5.75 Å². The third-order valence-corrected chi connectivity index (χ3v) is 4.48. The number of benzene rings is 1. The van der Waals surface area contributed by atoms with Gasteiger partial charge in [0.05, 0.1) is 7.11 Å². The monoisotopic (exact) mass is 327 g/mol. The molecule has 5 heteroatoms. The van der Waals surface area contributed by atoms with Crippen LogP contribution in [-0.2, 0) is 0 Å². The summed E-state index contributed by atoms with van der Waals surface area (Å²) >= 11 is 0. The Labute approximate surface area is 141 Å². The van der Waals surface area contributed by atoms with Crippen molar-refractivity contribution in [1.29, 1.82) is 0 Å². The molecule has 0 atom stereocenters. The fraction of sp³-hybridized carbons (Fsp3) is 0.368. The molecule has 24 heavy (non-hydrogen) atoms. The highest BCUT2D eigenvalue weighted by Gasteiger charge is 2.29. The van der Waals surface area contributed by atoms with Crippen LogP contribution < -0.4 is 4.74 Å². The van der Waals surface area contributed by atoms with Gasteiger partial charge in [0.25, 0.3) is 5.91 Å². The second-order valence-electron chi connectivity index (χ2n) is 6.07. The molecule has 1 aliphatic heterocycles. The Morgan fingerprint density at radius 3 is 2.29 bits per heavy atom. The predicted molar refractivity (Wildman–Crippen MR) is 89.4 cm³/mol. The van der Waals surface area contributed by atoms with Crippen LogP contribution in [0.25, 0.3) is 0 Å². The molecule has 1 aromatic heterocycles. The molecule has 0 bridgehead atoms. The Kier molecular flexibility index (Phi) is 4.69. The van der Waals surface area contributed by atoms with E-state index in [1.54, 1.807) is 48.4 Å². The van der Waals surface area contributed by atoms with Gasteiger partial charge in [-0.15, -0.1) is 0 Å². The zero-order valence-electron chi connectivity index (χ0n) is 14.0. The summed E-state index contributed by atoms with van der Waals surface area (Å²) in [6.45, 7) is 2.97. The predicted octanol–water partition coefficient (Wildman–Crippen LogP) is 3.33. The topological polar surface area (TPSA) is 59.8 Å². The minimum absolute atomic E-state index is 0.0409. The fourth-order valence-corrected chi connectivity index (χ4v) is 3.04. The third kappa shape index (κ3) is 3.35. The molecule has 1 fully saturated rings. The van der Waals surface area contributed by atoms with Crippen LogP contribution in [0, 0.1) is 12.8 Å². The normalized spacial score (nSPS) is 15.3. The highest BCUT2D eigenvalue weighted by Crippen LogP contribution is 2.24. The molecule has 2 aromatic rings. The van der Waals surface area contributed by atoms with Gasteiger partial charge in [0.1, 0.15) is 11.5 Å². The summed E-state index contributed by atoms with van der Waals surface area (Å²) in [5.41, 5.74) is 0.697. The maximum absolute atomic E-state index is 12.6. The Morgan fingerprint density at radius 1 is 1.08 bits per heavy atom. The molecule has 1 amide bonds. The molecule has 0 saturated carbocycles. The molecule has 1 saturated heterocycles. The number of nitrogens with zero attached hydrogens (tertiary/aromatic N) is 1. The molecule has 0 aliphatic carbocycles. The number of carbonyl (C=O) groups excluding carboxylic acids is 2. The molecular weight excluding hydrogens is 306 g/mol. The van der Waals surface area contributed by atoms with Gasteiger partial charge in [-0.2, -0.15) is 0 Å². The molecule has 2 heterocycles. The number of carbonyl (C=O) groups is 2. The summed E-state index contributed by atoms with van der Waals surface area (Å²) < 4.78 is 10.5. The van der Waals surface area contributed by atoms with E-state index >= 15 is 0 Å². The second-order valence-corrected chi connectivity index (χ2v) is 6.07. The lowest BCUT2D eigenvalue weighted by atomic mass is 9.89. The number of hydrogen-bond acceptors (Lipinski definition) is 4. The summed E-state index contributed by atoms with van der Waals surface area (Å²) in [7, 11) is 1.60. The summed E-state index contributed by atoms with van der Waals surface area (Å²) in [4.78, 5) is 26.7. The smallest absolute Gasteiger partial charge is 0.289 e. The summed E-state index contributed by atoms with van der Waals surface area (Å²) in [6.07, 6.45) is 1.35. The number of rotatable bonds is 4. The molecule has 1 aliphatic rings. The number of ketones is 1. The molecule has 0 unspecified atom stereocenters. The van der Waals surface area contributed by atoms with Crippen LogP contribution in [0.1, 0.15) is 39.5 Å². The van der Waals surface area contributed by atoms with Gasteiger partial charge in [-0.3, -0.25) is 9.59 Å². The first kappa shape index (κ1) is 16.3. The van der Waals surface area contributed by atoms with E-state index in [1.165, 1.54) is 0 Å². The molecule has 126 valence electrons. The zero-order chi connectivity index (χ0) is 17.1. The van der Waals surface area contributed by atoms with E-state index in [9.17, 15) is 9.59 Å². The quantitative estimate of drug-likeness (QED) is 0.808. The lowest BCUT2D eigenvalue weighted by molar-refractivity contribution is 0.0623. The van der Waals surface area contributed by atoms with Crippen molar-refractivity contribution in [3.05, 3.63) is 53.5 Å². The van der Waals surface area contributed by atoms with E-state index in [1.807, 2.05) is 6.92 Å². The number of Topliss-reactive ketones (excluding diaryl/α,β-unsaturated/α-hetero) is 1. The Balaban J connectivity index is 1.59. The van der Waals surface area contributed by atoms with Gasteiger partial charge in [-0.25, -0.2) is 0 Å². The fourth-order valence-electron chi connectivity index (χ4n) is 3.04. The average molecular weight is 327 g/mol. The van der Waals surface area contributed by atoms with E-state index in [2.05, 4.69) is 0 Å². The maximum atomic E-state index is 12.6. The summed E-state index contributed by atoms with van der Waals surface area (Å²) in [5, 5.41) is 0. The van der Waals surface area contributed by atoms with E-state index in [-0.39, 0.29) is 17.6 Å². The highest BCUT2D eigenvalue weighted by molar-refractivity contribution is 5.98. The standard InChI is InChI=1S/C19H21NO4/c1-13-3-8-17(24-13)19(22)20-11-9-15(10-12-20)18(21)14-4-6-16(23-2)7-5-14/h3-8,15H,9-12H2,1-2H3. The van der Waals surface area contributed by atoms with Gasteiger partial charge < -0.3 is 14.1 Å². The van der Waals surface area contributed by atoms with Crippen molar-refractivity contribution >= 4 is 11.7 Å². The van der Waals surface area contributed by atoms with Crippen molar-refractivity contribution in [2.24, 2.45) is 5.92 Å². The molecular formula is C19H21NO4. The molecule has 5 nitrogen and oxygen atoms in total. The first-order chi connectivity index (χ1) is 11.6. The Morgan fingerprint density at radius 2 is 1.75 bits per heavy atom. The average Bonchev–Trinajstić information content (AvgIpc) is 3.07. The van der Waals surface area contributed by atoms with Gasteiger partial charge >= 0.3 is 0 Å². The maximum Gasteiger partial charge on any atom is 0.289 e. The van der Waals surface area contributed by atoms with Gasteiger partial charge in [0, 0.05) is 24.6 Å².